The zero-order chi connectivity index (χ0) is 10.6. The number of alkyl halides is 3. The van der Waals surface area contributed by atoms with Crippen molar-refractivity contribution in [2.75, 3.05) is 0 Å². The summed E-state index contributed by atoms with van der Waals surface area (Å²) < 4.78 is 36.5. The van der Waals surface area contributed by atoms with Gasteiger partial charge in [-0.25, -0.2) is 0 Å². The maximum Gasteiger partial charge on any atom is 0.416 e. The van der Waals surface area contributed by atoms with Gasteiger partial charge in [0.1, 0.15) is 0 Å². The van der Waals surface area contributed by atoms with Crippen LogP contribution in [0.2, 0.25) is 0 Å². The topological polar surface area (TPSA) is 0 Å². The molecule has 0 heterocycles. The van der Waals surface area contributed by atoms with Gasteiger partial charge < -0.3 is 0 Å². The van der Waals surface area contributed by atoms with Gasteiger partial charge in [-0.3, -0.25) is 0 Å². The summed E-state index contributed by atoms with van der Waals surface area (Å²) in [4.78, 5) is 0. The first-order valence-electron chi connectivity index (χ1n) is 4.70. The molecular weight excluding hydrogens is 189 g/mol. The summed E-state index contributed by atoms with van der Waals surface area (Å²) in [5.41, 5.74) is 0.401. The van der Waals surface area contributed by atoms with E-state index < -0.39 is 11.7 Å². The minimum atomic E-state index is -4.22. The van der Waals surface area contributed by atoms with Gasteiger partial charge >= 0.3 is 6.18 Å². The van der Waals surface area contributed by atoms with Crippen LogP contribution in [0.25, 0.3) is 0 Å². The van der Waals surface area contributed by atoms with E-state index in [0.717, 1.165) is 37.0 Å². The summed E-state index contributed by atoms with van der Waals surface area (Å²) in [5, 5.41) is 0. The van der Waals surface area contributed by atoms with Crippen molar-refractivity contribution in [3.63, 3.8) is 0 Å². The van der Waals surface area contributed by atoms with Crippen LogP contribution in [0.15, 0.2) is 24.3 Å². The molecule has 0 atom stereocenters. The van der Waals surface area contributed by atoms with Gasteiger partial charge in [-0.15, -0.1) is 0 Å². The van der Waals surface area contributed by atoms with Crippen molar-refractivity contribution in [3.8, 4) is 0 Å². The molecule has 0 radical (unpaired) electrons. The first-order chi connectivity index (χ1) is 6.54. The largest absolute Gasteiger partial charge is 0.416 e. The van der Waals surface area contributed by atoms with E-state index in [1.807, 2.05) is 0 Å². The molecule has 0 aromatic heterocycles. The van der Waals surface area contributed by atoms with Crippen molar-refractivity contribution in [2.45, 2.75) is 32.4 Å². The molecule has 3 heteroatoms. The fourth-order valence-corrected chi connectivity index (χ4v) is 1.24. The molecule has 0 nitrogen and oxygen atoms in total. The van der Waals surface area contributed by atoms with Crippen LogP contribution in [-0.4, -0.2) is 0 Å². The molecule has 0 saturated carbocycles. The van der Waals surface area contributed by atoms with E-state index in [2.05, 4.69) is 6.92 Å². The normalized spacial score (nSPS) is 11.7. The standard InChI is InChI=1S/C11H13F3/c1-2-3-4-9-5-7-10(8-6-9)11(12,13)14/h5-8H,2-4H2,1H3. The SMILES string of the molecule is CCCCc1ccc(C(F)(F)F)cc1. The Morgan fingerprint density at radius 1 is 1.07 bits per heavy atom. The lowest BCUT2D eigenvalue weighted by Crippen LogP contribution is -2.04. The second-order valence-electron chi connectivity index (χ2n) is 3.30. The fourth-order valence-electron chi connectivity index (χ4n) is 1.24. The Hall–Kier alpha value is -0.990. The Kier molecular flexibility index (Phi) is 3.55. The summed E-state index contributed by atoms with van der Waals surface area (Å²) in [6, 6.07) is 5.40. The lowest BCUT2D eigenvalue weighted by atomic mass is 10.1. The van der Waals surface area contributed by atoms with Gasteiger partial charge in [-0.2, -0.15) is 13.2 Å². The summed E-state index contributed by atoms with van der Waals surface area (Å²) in [7, 11) is 0. The monoisotopic (exact) mass is 202 g/mol. The Balaban J connectivity index is 2.69. The van der Waals surface area contributed by atoms with Crippen molar-refractivity contribution in [1.82, 2.24) is 0 Å². The van der Waals surface area contributed by atoms with Crippen molar-refractivity contribution in [2.24, 2.45) is 0 Å². The van der Waals surface area contributed by atoms with Crippen LogP contribution in [-0.2, 0) is 12.6 Å². The van der Waals surface area contributed by atoms with Gasteiger partial charge in [0, 0.05) is 0 Å². The van der Waals surface area contributed by atoms with Gasteiger partial charge in [-0.05, 0) is 30.5 Å². The summed E-state index contributed by atoms with van der Waals surface area (Å²) in [5.74, 6) is 0. The van der Waals surface area contributed by atoms with E-state index in [9.17, 15) is 13.2 Å². The molecule has 1 aromatic rings. The van der Waals surface area contributed by atoms with Gasteiger partial charge in [0.25, 0.3) is 0 Å². The molecule has 1 rings (SSSR count). The highest BCUT2D eigenvalue weighted by molar-refractivity contribution is 5.24. The van der Waals surface area contributed by atoms with Crippen LogP contribution in [0.4, 0.5) is 13.2 Å². The number of benzene rings is 1. The Morgan fingerprint density at radius 2 is 1.64 bits per heavy atom. The molecule has 0 aliphatic rings. The second-order valence-corrected chi connectivity index (χ2v) is 3.30. The quantitative estimate of drug-likeness (QED) is 0.693. The molecule has 0 N–H and O–H groups in total. The lowest BCUT2D eigenvalue weighted by Gasteiger charge is -2.07. The number of rotatable bonds is 3. The fraction of sp³-hybridized carbons (Fsp3) is 0.455. The molecular formula is C11H13F3. The molecule has 0 amide bonds. The molecule has 78 valence electrons. The van der Waals surface area contributed by atoms with Gasteiger partial charge in [0.2, 0.25) is 0 Å². The highest BCUT2D eigenvalue weighted by Gasteiger charge is 2.29. The van der Waals surface area contributed by atoms with Crippen molar-refractivity contribution in [3.05, 3.63) is 35.4 Å². The molecule has 14 heavy (non-hydrogen) atoms. The van der Waals surface area contributed by atoms with E-state index in [4.69, 9.17) is 0 Å². The third-order valence-corrected chi connectivity index (χ3v) is 2.10. The maximum absolute atomic E-state index is 12.2. The Morgan fingerprint density at radius 3 is 2.07 bits per heavy atom. The van der Waals surface area contributed by atoms with Gasteiger partial charge in [0.05, 0.1) is 5.56 Å². The van der Waals surface area contributed by atoms with E-state index in [1.54, 1.807) is 12.1 Å². The summed E-state index contributed by atoms with van der Waals surface area (Å²) >= 11 is 0. The third-order valence-electron chi connectivity index (χ3n) is 2.10. The molecule has 0 fully saturated rings. The predicted octanol–water partition coefficient (Wildman–Crippen LogP) is 4.05. The predicted molar refractivity (Wildman–Crippen MR) is 50.1 cm³/mol. The minimum absolute atomic E-state index is 0.572. The molecule has 0 aliphatic heterocycles. The van der Waals surface area contributed by atoms with E-state index in [1.165, 1.54) is 0 Å². The summed E-state index contributed by atoms with van der Waals surface area (Å²) in [6.45, 7) is 2.06. The molecule has 0 spiro atoms. The lowest BCUT2D eigenvalue weighted by molar-refractivity contribution is -0.137. The molecule has 0 unspecified atom stereocenters. The van der Waals surface area contributed by atoms with Gasteiger partial charge in [-0.1, -0.05) is 25.5 Å². The minimum Gasteiger partial charge on any atom is -0.166 e. The molecule has 0 aliphatic carbocycles. The van der Waals surface area contributed by atoms with Crippen LogP contribution < -0.4 is 0 Å². The zero-order valence-corrected chi connectivity index (χ0v) is 8.06. The van der Waals surface area contributed by atoms with Gasteiger partial charge in [0.15, 0.2) is 0 Å². The number of hydrogen-bond donors (Lipinski definition) is 0. The Bertz CT molecular complexity index is 272. The van der Waals surface area contributed by atoms with E-state index in [-0.39, 0.29) is 0 Å². The van der Waals surface area contributed by atoms with Crippen molar-refractivity contribution >= 4 is 0 Å². The van der Waals surface area contributed by atoms with Crippen LogP contribution >= 0.6 is 0 Å². The maximum atomic E-state index is 12.2. The van der Waals surface area contributed by atoms with Crippen LogP contribution in [0.3, 0.4) is 0 Å². The van der Waals surface area contributed by atoms with Crippen molar-refractivity contribution < 1.29 is 13.2 Å². The Labute approximate surface area is 81.8 Å². The molecule has 0 bridgehead atoms. The van der Waals surface area contributed by atoms with Crippen molar-refractivity contribution in [1.29, 1.82) is 0 Å². The molecule has 0 saturated heterocycles. The summed E-state index contributed by atoms with van der Waals surface area (Å²) in [6.07, 6.45) is -1.29. The number of unbranched alkanes of at least 4 members (excludes halogenated alkanes) is 1. The number of aryl methyl sites for hydroxylation is 1. The number of halogens is 3. The smallest absolute Gasteiger partial charge is 0.166 e. The first-order valence-corrected chi connectivity index (χ1v) is 4.70. The zero-order valence-electron chi connectivity index (χ0n) is 8.06. The van der Waals surface area contributed by atoms with Crippen LogP contribution in [0, 0.1) is 0 Å². The third kappa shape index (κ3) is 3.05. The highest BCUT2D eigenvalue weighted by Crippen LogP contribution is 2.29. The van der Waals surface area contributed by atoms with Crippen LogP contribution in [0.1, 0.15) is 30.9 Å². The second kappa shape index (κ2) is 4.49. The van der Waals surface area contributed by atoms with E-state index in [0.29, 0.717) is 0 Å². The van der Waals surface area contributed by atoms with E-state index >= 15 is 0 Å². The average Bonchev–Trinajstić information content (AvgIpc) is 2.14. The average molecular weight is 202 g/mol. The molecule has 1 aromatic carbocycles. The first kappa shape index (κ1) is 11.1. The highest BCUT2D eigenvalue weighted by atomic mass is 19.4. The number of hydrogen-bond acceptors (Lipinski definition) is 0. The van der Waals surface area contributed by atoms with Crippen LogP contribution in [0.5, 0.6) is 0 Å².